The number of carbonyl (C=O) groups is 1. The van der Waals surface area contributed by atoms with Gasteiger partial charge in [-0.1, -0.05) is 24.1 Å². The highest BCUT2D eigenvalue weighted by molar-refractivity contribution is 6.32. The zero-order chi connectivity index (χ0) is 19.9. The average molecular weight is 404 g/mol. The van der Waals surface area contributed by atoms with Crippen LogP contribution in [0.3, 0.4) is 0 Å². The number of hydrogen-bond donors (Lipinski definition) is 1. The van der Waals surface area contributed by atoms with Crippen molar-refractivity contribution in [2.75, 3.05) is 19.6 Å². The van der Waals surface area contributed by atoms with Crippen LogP contribution in [0.1, 0.15) is 36.6 Å². The predicted octanol–water partition coefficient (Wildman–Crippen LogP) is 4.20. The number of hydrogen-bond acceptors (Lipinski definition) is 5. The van der Waals surface area contributed by atoms with Gasteiger partial charge in [0.25, 0.3) is 5.69 Å². The molecule has 8 heteroatoms. The number of benzene rings is 1. The molecule has 2 aromatic rings. The molecule has 0 spiro atoms. The van der Waals surface area contributed by atoms with Crippen LogP contribution in [0, 0.1) is 10.1 Å². The molecule has 1 aliphatic heterocycles. The summed E-state index contributed by atoms with van der Waals surface area (Å²) < 4.78 is 5.57. The summed E-state index contributed by atoms with van der Waals surface area (Å²) in [5, 5.41) is 13.9. The summed E-state index contributed by atoms with van der Waals surface area (Å²) in [6, 6.07) is 8.17. The van der Waals surface area contributed by atoms with Gasteiger partial charge >= 0.3 is 0 Å². The number of nitro benzene ring substituents is 1. The molecule has 1 N–H and O–H groups in total. The fourth-order valence-electron chi connectivity index (χ4n) is 3.32. The third-order valence-corrected chi connectivity index (χ3v) is 5.09. The largest absolute Gasteiger partial charge is 0.468 e. The summed E-state index contributed by atoms with van der Waals surface area (Å²) in [7, 11) is 0. The molecular weight excluding hydrogens is 382 g/mol. The first kappa shape index (κ1) is 20.1. The van der Waals surface area contributed by atoms with Gasteiger partial charge in [-0.15, -0.1) is 0 Å². The Morgan fingerprint density at radius 2 is 2.11 bits per heavy atom. The van der Waals surface area contributed by atoms with Crippen LogP contribution < -0.4 is 5.32 Å². The van der Waals surface area contributed by atoms with Crippen molar-refractivity contribution < 1.29 is 14.1 Å². The molecule has 1 amide bonds. The number of nitrogens with one attached hydrogen (secondary N) is 1. The van der Waals surface area contributed by atoms with Crippen molar-refractivity contribution in [1.29, 1.82) is 0 Å². The standard InChI is InChI=1S/C20H22ClN3O4/c21-16-8-6-15(13-17(16)24(26)27)7-9-20(25)22-14-18(19-5-4-12-28-19)23-10-2-1-3-11-23/h4-9,12-13,18H,1-3,10-11,14H2,(H,22,25)/b9-7+. The molecule has 0 radical (unpaired) electrons. The number of halogens is 1. The second-order valence-electron chi connectivity index (χ2n) is 6.67. The minimum absolute atomic E-state index is 0.00994. The molecule has 1 fully saturated rings. The second kappa shape index (κ2) is 9.52. The van der Waals surface area contributed by atoms with Crippen molar-refractivity contribution >= 4 is 29.3 Å². The monoisotopic (exact) mass is 403 g/mol. The highest BCUT2D eigenvalue weighted by atomic mass is 35.5. The van der Waals surface area contributed by atoms with E-state index < -0.39 is 4.92 Å². The van der Waals surface area contributed by atoms with Gasteiger partial charge in [-0.3, -0.25) is 19.8 Å². The normalized spacial score (nSPS) is 16.2. The van der Waals surface area contributed by atoms with E-state index in [0.717, 1.165) is 31.7 Å². The quantitative estimate of drug-likeness (QED) is 0.425. The van der Waals surface area contributed by atoms with Gasteiger partial charge < -0.3 is 9.73 Å². The van der Waals surface area contributed by atoms with Crippen LogP contribution in [0.15, 0.2) is 47.1 Å². The lowest BCUT2D eigenvalue weighted by atomic mass is 10.1. The van der Waals surface area contributed by atoms with E-state index >= 15 is 0 Å². The van der Waals surface area contributed by atoms with Crippen LogP contribution in [0.25, 0.3) is 6.08 Å². The van der Waals surface area contributed by atoms with Crippen molar-refractivity contribution in [2.45, 2.75) is 25.3 Å². The maximum Gasteiger partial charge on any atom is 0.288 e. The molecular formula is C20H22ClN3O4. The van der Waals surface area contributed by atoms with Gasteiger partial charge in [-0.25, -0.2) is 0 Å². The van der Waals surface area contributed by atoms with Gasteiger partial charge in [0.05, 0.1) is 17.2 Å². The lowest BCUT2D eigenvalue weighted by Gasteiger charge is -2.33. The number of carbonyl (C=O) groups excluding carboxylic acids is 1. The summed E-state index contributed by atoms with van der Waals surface area (Å²) in [6.45, 7) is 2.38. The highest BCUT2D eigenvalue weighted by Crippen LogP contribution is 2.26. The first-order valence-corrected chi connectivity index (χ1v) is 9.59. The molecule has 0 bridgehead atoms. The van der Waals surface area contributed by atoms with Crippen LogP contribution in [-0.4, -0.2) is 35.4 Å². The number of likely N-dealkylation sites (tertiary alicyclic amines) is 1. The van der Waals surface area contributed by atoms with E-state index in [-0.39, 0.29) is 22.7 Å². The third-order valence-electron chi connectivity index (χ3n) is 4.77. The van der Waals surface area contributed by atoms with E-state index in [1.165, 1.54) is 30.7 Å². The smallest absolute Gasteiger partial charge is 0.288 e. The SMILES string of the molecule is O=C(/C=C/c1ccc(Cl)c([N+](=O)[O-])c1)NCC(c1ccco1)N1CCCCC1. The molecule has 1 atom stereocenters. The van der Waals surface area contributed by atoms with Crippen molar-refractivity contribution in [3.8, 4) is 0 Å². The number of nitrogens with zero attached hydrogens (tertiary/aromatic N) is 2. The molecule has 28 heavy (non-hydrogen) atoms. The maximum absolute atomic E-state index is 12.3. The molecule has 1 aliphatic rings. The summed E-state index contributed by atoms with van der Waals surface area (Å²) in [5.41, 5.74) is 0.345. The minimum atomic E-state index is -0.549. The summed E-state index contributed by atoms with van der Waals surface area (Å²) in [4.78, 5) is 25.0. The molecule has 0 aliphatic carbocycles. The van der Waals surface area contributed by atoms with E-state index in [4.69, 9.17) is 16.0 Å². The number of rotatable bonds is 7. The zero-order valence-corrected chi connectivity index (χ0v) is 16.1. The second-order valence-corrected chi connectivity index (χ2v) is 7.08. The van der Waals surface area contributed by atoms with Gasteiger partial charge in [-0.2, -0.15) is 0 Å². The van der Waals surface area contributed by atoms with Crippen molar-refractivity contribution in [2.24, 2.45) is 0 Å². The van der Waals surface area contributed by atoms with E-state index in [0.29, 0.717) is 12.1 Å². The zero-order valence-electron chi connectivity index (χ0n) is 15.3. The van der Waals surface area contributed by atoms with Crippen LogP contribution in [0.5, 0.6) is 0 Å². The molecule has 1 unspecified atom stereocenters. The Hall–Kier alpha value is -2.64. The number of amides is 1. The maximum atomic E-state index is 12.3. The number of nitro groups is 1. The molecule has 7 nitrogen and oxygen atoms in total. The van der Waals surface area contributed by atoms with Crippen LogP contribution in [0.2, 0.25) is 5.02 Å². The van der Waals surface area contributed by atoms with E-state index in [2.05, 4.69) is 10.2 Å². The fraction of sp³-hybridized carbons (Fsp3) is 0.350. The van der Waals surface area contributed by atoms with Crippen LogP contribution >= 0.6 is 11.6 Å². The Morgan fingerprint density at radius 3 is 2.79 bits per heavy atom. The van der Waals surface area contributed by atoms with Crippen molar-refractivity contribution in [3.63, 3.8) is 0 Å². The average Bonchev–Trinajstić information content (AvgIpc) is 3.22. The number of furan rings is 1. The first-order chi connectivity index (χ1) is 13.5. The Labute approximate surface area is 168 Å². The molecule has 1 saturated heterocycles. The molecule has 3 rings (SSSR count). The molecule has 1 aromatic heterocycles. The summed E-state index contributed by atoms with van der Waals surface area (Å²) >= 11 is 5.80. The van der Waals surface area contributed by atoms with E-state index in [9.17, 15) is 14.9 Å². The lowest BCUT2D eigenvalue weighted by molar-refractivity contribution is -0.384. The number of piperidine rings is 1. The van der Waals surface area contributed by atoms with Crippen LogP contribution in [0.4, 0.5) is 5.69 Å². The van der Waals surface area contributed by atoms with Gasteiger partial charge in [0, 0.05) is 18.7 Å². The van der Waals surface area contributed by atoms with E-state index in [1.807, 2.05) is 12.1 Å². The molecule has 2 heterocycles. The van der Waals surface area contributed by atoms with Gasteiger partial charge in [-0.05, 0) is 55.8 Å². The Morgan fingerprint density at radius 1 is 1.32 bits per heavy atom. The Kier molecular flexibility index (Phi) is 6.84. The predicted molar refractivity (Wildman–Crippen MR) is 107 cm³/mol. The highest BCUT2D eigenvalue weighted by Gasteiger charge is 2.24. The van der Waals surface area contributed by atoms with Gasteiger partial charge in [0.15, 0.2) is 0 Å². The van der Waals surface area contributed by atoms with Crippen LogP contribution in [-0.2, 0) is 4.79 Å². The third kappa shape index (κ3) is 5.21. The van der Waals surface area contributed by atoms with Crippen molar-refractivity contribution in [3.05, 3.63) is 69.1 Å². The Balaban J connectivity index is 1.62. The molecule has 148 valence electrons. The minimum Gasteiger partial charge on any atom is -0.468 e. The van der Waals surface area contributed by atoms with Gasteiger partial charge in [0.1, 0.15) is 10.8 Å². The van der Waals surface area contributed by atoms with E-state index in [1.54, 1.807) is 12.3 Å². The topological polar surface area (TPSA) is 88.6 Å². The lowest BCUT2D eigenvalue weighted by Crippen LogP contribution is -2.40. The Bertz CT molecular complexity index is 845. The first-order valence-electron chi connectivity index (χ1n) is 9.22. The van der Waals surface area contributed by atoms with Gasteiger partial charge in [0.2, 0.25) is 5.91 Å². The van der Waals surface area contributed by atoms with Crippen molar-refractivity contribution in [1.82, 2.24) is 10.2 Å². The molecule has 1 aromatic carbocycles. The fourth-order valence-corrected chi connectivity index (χ4v) is 3.51. The summed E-state index contributed by atoms with van der Waals surface area (Å²) in [6.07, 6.45) is 8.04. The summed E-state index contributed by atoms with van der Waals surface area (Å²) in [5.74, 6) is 0.561. The molecule has 0 saturated carbocycles.